The number of benzene rings is 2. The highest BCUT2D eigenvalue weighted by atomic mass is 32.2. The maximum absolute atomic E-state index is 12.3. The van der Waals surface area contributed by atoms with Crippen molar-refractivity contribution < 1.29 is 22.8 Å². The number of fused-ring (bicyclic) bond motifs is 1. The van der Waals surface area contributed by atoms with Gasteiger partial charge in [-0.2, -0.15) is 0 Å². The number of carbonyl (C=O) groups is 3. The van der Waals surface area contributed by atoms with Crippen molar-refractivity contribution in [3.05, 3.63) is 77.9 Å². The summed E-state index contributed by atoms with van der Waals surface area (Å²) in [6.07, 6.45) is 1.41. The van der Waals surface area contributed by atoms with Crippen LogP contribution >= 0.6 is 0 Å². The fourth-order valence-electron chi connectivity index (χ4n) is 3.02. The number of hydrogen-bond donors (Lipinski definition) is 2. The van der Waals surface area contributed by atoms with Gasteiger partial charge in [-0.1, -0.05) is 30.3 Å². The fourth-order valence-corrected chi connectivity index (χ4v) is 4.12. The van der Waals surface area contributed by atoms with Gasteiger partial charge < -0.3 is 5.32 Å². The zero-order valence-electron chi connectivity index (χ0n) is 16.1. The zero-order valence-corrected chi connectivity index (χ0v) is 16.9. The molecule has 9 heteroatoms. The van der Waals surface area contributed by atoms with E-state index in [4.69, 9.17) is 0 Å². The van der Waals surface area contributed by atoms with Crippen molar-refractivity contribution >= 4 is 33.4 Å². The maximum Gasteiger partial charge on any atom is 0.261 e. The lowest BCUT2D eigenvalue weighted by Gasteiger charge is -2.13. The summed E-state index contributed by atoms with van der Waals surface area (Å²) in [5.74, 6) is -1.35. The van der Waals surface area contributed by atoms with Crippen LogP contribution < -0.4 is 10.0 Å². The molecule has 1 heterocycles. The van der Waals surface area contributed by atoms with Crippen LogP contribution in [0.15, 0.2) is 61.2 Å². The minimum absolute atomic E-state index is 0.0243. The van der Waals surface area contributed by atoms with Gasteiger partial charge in [0.1, 0.15) is 0 Å². The highest BCUT2D eigenvalue weighted by Gasteiger charge is 2.34. The first-order valence-electron chi connectivity index (χ1n) is 9.23. The van der Waals surface area contributed by atoms with Crippen LogP contribution in [0.3, 0.4) is 0 Å². The molecule has 0 bridgehead atoms. The Hall–Kier alpha value is -3.30. The average Bonchev–Trinajstić information content (AvgIpc) is 2.97. The van der Waals surface area contributed by atoms with Crippen LogP contribution in [-0.4, -0.2) is 44.1 Å². The molecule has 2 aromatic carbocycles. The van der Waals surface area contributed by atoms with Crippen LogP contribution in [0.25, 0.3) is 0 Å². The van der Waals surface area contributed by atoms with E-state index < -0.39 is 21.8 Å². The van der Waals surface area contributed by atoms with E-state index in [0.717, 1.165) is 4.90 Å². The van der Waals surface area contributed by atoms with Gasteiger partial charge in [-0.25, -0.2) is 13.1 Å². The van der Waals surface area contributed by atoms with Crippen molar-refractivity contribution in [3.8, 4) is 0 Å². The van der Waals surface area contributed by atoms with E-state index in [0.29, 0.717) is 22.4 Å². The number of sulfonamides is 1. The van der Waals surface area contributed by atoms with Gasteiger partial charge in [0.25, 0.3) is 11.8 Å². The van der Waals surface area contributed by atoms with Crippen molar-refractivity contribution in [1.82, 2.24) is 9.62 Å². The Morgan fingerprint density at radius 1 is 1.00 bits per heavy atom. The molecule has 156 valence electrons. The first-order valence-corrected chi connectivity index (χ1v) is 10.9. The molecule has 0 fully saturated rings. The van der Waals surface area contributed by atoms with Gasteiger partial charge >= 0.3 is 0 Å². The van der Waals surface area contributed by atoms with Crippen molar-refractivity contribution in [2.45, 2.75) is 12.2 Å². The predicted molar refractivity (Wildman–Crippen MR) is 112 cm³/mol. The van der Waals surface area contributed by atoms with Gasteiger partial charge in [-0.15, -0.1) is 6.58 Å². The van der Waals surface area contributed by atoms with Crippen molar-refractivity contribution in [2.75, 3.05) is 18.4 Å². The van der Waals surface area contributed by atoms with Gasteiger partial charge in [0.15, 0.2) is 0 Å². The third-order valence-corrected chi connectivity index (χ3v) is 5.80. The van der Waals surface area contributed by atoms with Gasteiger partial charge in [0.05, 0.1) is 16.9 Å². The quantitative estimate of drug-likeness (QED) is 0.469. The number of nitrogens with one attached hydrogen (secondary N) is 2. The van der Waals surface area contributed by atoms with E-state index >= 15 is 0 Å². The highest BCUT2D eigenvalue weighted by molar-refractivity contribution is 7.88. The van der Waals surface area contributed by atoms with E-state index in [1.807, 2.05) is 0 Å². The van der Waals surface area contributed by atoms with E-state index in [9.17, 15) is 22.8 Å². The summed E-state index contributed by atoms with van der Waals surface area (Å²) < 4.78 is 26.1. The number of hydrogen-bond acceptors (Lipinski definition) is 5. The fraction of sp³-hybridized carbons (Fsp3) is 0.190. The van der Waals surface area contributed by atoms with Gasteiger partial charge in [0.2, 0.25) is 15.9 Å². The second-order valence-electron chi connectivity index (χ2n) is 6.70. The molecule has 0 radical (unpaired) electrons. The SMILES string of the molecule is C=CCNS(=O)(=O)Cc1ccc(NC(=O)CCN2C(=O)c3ccccc3C2=O)cc1. The summed E-state index contributed by atoms with van der Waals surface area (Å²) in [4.78, 5) is 37.9. The lowest BCUT2D eigenvalue weighted by atomic mass is 10.1. The largest absolute Gasteiger partial charge is 0.326 e. The first-order chi connectivity index (χ1) is 14.3. The molecule has 0 aromatic heterocycles. The lowest BCUT2D eigenvalue weighted by molar-refractivity contribution is -0.116. The Kier molecular flexibility index (Phi) is 6.43. The molecule has 3 amide bonds. The molecule has 0 atom stereocenters. The molecule has 2 N–H and O–H groups in total. The first kappa shape index (κ1) is 21.4. The lowest BCUT2D eigenvalue weighted by Crippen LogP contribution is -2.32. The highest BCUT2D eigenvalue weighted by Crippen LogP contribution is 2.22. The molecule has 0 unspecified atom stereocenters. The van der Waals surface area contributed by atoms with Crippen LogP contribution in [0.2, 0.25) is 0 Å². The Balaban J connectivity index is 1.53. The van der Waals surface area contributed by atoms with Gasteiger partial charge in [-0.3, -0.25) is 19.3 Å². The molecule has 2 aromatic rings. The third kappa shape index (κ3) is 5.00. The Morgan fingerprint density at radius 3 is 2.17 bits per heavy atom. The Labute approximate surface area is 174 Å². The second-order valence-corrected chi connectivity index (χ2v) is 8.51. The second kappa shape index (κ2) is 9.02. The number of anilines is 1. The summed E-state index contributed by atoms with van der Waals surface area (Å²) in [6.45, 7) is 3.59. The maximum atomic E-state index is 12.3. The van der Waals surface area contributed by atoms with Crippen LogP contribution in [0.1, 0.15) is 32.7 Å². The third-order valence-electron chi connectivity index (χ3n) is 4.48. The minimum Gasteiger partial charge on any atom is -0.326 e. The number of carbonyl (C=O) groups excluding carboxylic acids is 3. The number of nitrogens with zero attached hydrogens (tertiary/aromatic N) is 1. The van der Waals surface area contributed by atoms with Crippen LogP contribution in [0.5, 0.6) is 0 Å². The van der Waals surface area contributed by atoms with Crippen LogP contribution in [-0.2, 0) is 20.6 Å². The average molecular weight is 427 g/mol. The summed E-state index contributed by atoms with van der Waals surface area (Å²) >= 11 is 0. The molecular weight excluding hydrogens is 406 g/mol. The monoisotopic (exact) mass is 427 g/mol. The van der Waals surface area contributed by atoms with E-state index in [-0.39, 0.29) is 31.2 Å². The molecule has 0 spiro atoms. The molecule has 1 aliphatic heterocycles. The van der Waals surface area contributed by atoms with Crippen molar-refractivity contribution in [1.29, 1.82) is 0 Å². The van der Waals surface area contributed by atoms with Gasteiger partial charge in [0, 0.05) is 25.2 Å². The Morgan fingerprint density at radius 2 is 1.60 bits per heavy atom. The number of rotatable bonds is 9. The molecule has 1 aliphatic rings. The van der Waals surface area contributed by atoms with E-state index in [1.54, 1.807) is 48.5 Å². The smallest absolute Gasteiger partial charge is 0.261 e. The minimum atomic E-state index is -3.46. The molecule has 30 heavy (non-hydrogen) atoms. The summed E-state index contributed by atoms with van der Waals surface area (Å²) in [5.41, 5.74) is 1.74. The van der Waals surface area contributed by atoms with Crippen LogP contribution in [0.4, 0.5) is 5.69 Å². The number of imide groups is 1. The molecule has 3 rings (SSSR count). The van der Waals surface area contributed by atoms with Crippen LogP contribution in [0, 0.1) is 0 Å². The zero-order chi connectivity index (χ0) is 21.7. The van der Waals surface area contributed by atoms with Gasteiger partial charge in [-0.05, 0) is 29.8 Å². The summed E-state index contributed by atoms with van der Waals surface area (Å²) in [7, 11) is -3.46. The standard InChI is InChI=1S/C21H21N3O5S/c1-2-12-22-30(28,29)14-15-7-9-16(10-8-15)23-19(25)11-13-24-20(26)17-5-3-4-6-18(17)21(24)27/h2-10,22H,1,11-14H2,(H,23,25). The molecule has 8 nitrogen and oxygen atoms in total. The molecule has 0 saturated heterocycles. The predicted octanol–water partition coefficient (Wildman–Crippen LogP) is 1.92. The summed E-state index contributed by atoms with van der Waals surface area (Å²) in [5, 5.41) is 2.67. The van der Waals surface area contributed by atoms with Crippen molar-refractivity contribution in [3.63, 3.8) is 0 Å². The van der Waals surface area contributed by atoms with E-state index in [2.05, 4.69) is 16.6 Å². The Bertz CT molecular complexity index is 1060. The molecular formula is C21H21N3O5S. The van der Waals surface area contributed by atoms with Crippen molar-refractivity contribution in [2.24, 2.45) is 0 Å². The molecule has 0 aliphatic carbocycles. The topological polar surface area (TPSA) is 113 Å². The normalized spacial score (nSPS) is 13.3. The number of amides is 3. The van der Waals surface area contributed by atoms with E-state index in [1.165, 1.54) is 6.08 Å². The molecule has 0 saturated carbocycles. The summed E-state index contributed by atoms with van der Waals surface area (Å²) in [6, 6.07) is 12.9.